The van der Waals surface area contributed by atoms with Crippen LogP contribution >= 0.6 is 11.3 Å². The number of halogens is 1. The lowest BCUT2D eigenvalue weighted by Gasteiger charge is -1.97. The summed E-state index contributed by atoms with van der Waals surface area (Å²) in [5, 5.41) is 9.93. The second-order valence-electron chi connectivity index (χ2n) is 4.40. The molecule has 0 aliphatic heterocycles. The quantitative estimate of drug-likeness (QED) is 0.786. The fourth-order valence-corrected chi connectivity index (χ4v) is 2.80. The molecule has 2 nitrogen and oxygen atoms in total. The van der Waals surface area contributed by atoms with Crippen LogP contribution in [0.2, 0.25) is 0 Å². The predicted octanol–water partition coefficient (Wildman–Crippen LogP) is 4.10. The second kappa shape index (κ2) is 5.53. The summed E-state index contributed by atoms with van der Waals surface area (Å²) in [6.45, 7) is 0.0299. The average molecular weight is 285 g/mol. The van der Waals surface area contributed by atoms with Crippen molar-refractivity contribution in [3.8, 4) is 0 Å². The van der Waals surface area contributed by atoms with E-state index in [1.165, 1.54) is 23.5 Å². The normalized spacial score (nSPS) is 11.5. The molecule has 0 fully saturated rings. The molecule has 0 spiro atoms. The molecule has 20 heavy (non-hydrogen) atoms. The average Bonchev–Trinajstić information content (AvgIpc) is 2.87. The van der Waals surface area contributed by atoms with Crippen LogP contribution in [0.1, 0.15) is 16.1 Å². The van der Waals surface area contributed by atoms with Crippen molar-refractivity contribution in [2.24, 2.45) is 0 Å². The lowest BCUT2D eigenvalue weighted by atomic mass is 10.1. The SMILES string of the molecule is OCc1cccc(/C=C/c2nc3cc(F)ccc3s2)c1. The molecular weight excluding hydrogens is 273 g/mol. The Hall–Kier alpha value is -2.04. The Kier molecular flexibility index (Phi) is 3.58. The van der Waals surface area contributed by atoms with Crippen molar-refractivity contribution in [2.75, 3.05) is 0 Å². The summed E-state index contributed by atoms with van der Waals surface area (Å²) in [4.78, 5) is 4.37. The zero-order chi connectivity index (χ0) is 13.9. The van der Waals surface area contributed by atoms with Gasteiger partial charge in [-0.25, -0.2) is 9.37 Å². The first-order valence-corrected chi connectivity index (χ1v) is 7.00. The topological polar surface area (TPSA) is 33.1 Å². The predicted molar refractivity (Wildman–Crippen MR) is 80.9 cm³/mol. The molecule has 1 aromatic heterocycles. The van der Waals surface area contributed by atoms with Gasteiger partial charge < -0.3 is 5.11 Å². The third kappa shape index (κ3) is 2.76. The maximum absolute atomic E-state index is 13.1. The van der Waals surface area contributed by atoms with Gasteiger partial charge in [0.25, 0.3) is 0 Å². The van der Waals surface area contributed by atoms with E-state index in [-0.39, 0.29) is 12.4 Å². The van der Waals surface area contributed by atoms with E-state index in [1.807, 2.05) is 36.4 Å². The maximum atomic E-state index is 13.1. The van der Waals surface area contributed by atoms with Gasteiger partial charge in [0.15, 0.2) is 0 Å². The third-order valence-corrected chi connectivity index (χ3v) is 3.92. The fourth-order valence-electron chi connectivity index (χ4n) is 1.95. The highest BCUT2D eigenvalue weighted by Crippen LogP contribution is 2.24. The maximum Gasteiger partial charge on any atom is 0.125 e. The van der Waals surface area contributed by atoms with E-state index in [1.54, 1.807) is 6.07 Å². The fraction of sp³-hybridized carbons (Fsp3) is 0.0625. The van der Waals surface area contributed by atoms with Gasteiger partial charge in [0.05, 0.1) is 16.8 Å². The van der Waals surface area contributed by atoms with E-state index in [0.29, 0.717) is 5.52 Å². The van der Waals surface area contributed by atoms with Gasteiger partial charge in [-0.3, -0.25) is 0 Å². The van der Waals surface area contributed by atoms with Crippen molar-refractivity contribution in [3.63, 3.8) is 0 Å². The Labute approximate surface area is 119 Å². The van der Waals surface area contributed by atoms with Crippen LogP contribution in [0.4, 0.5) is 4.39 Å². The highest BCUT2D eigenvalue weighted by atomic mass is 32.1. The summed E-state index contributed by atoms with van der Waals surface area (Å²) in [5.41, 5.74) is 2.55. The Bertz CT molecular complexity index is 779. The second-order valence-corrected chi connectivity index (χ2v) is 5.46. The third-order valence-electron chi connectivity index (χ3n) is 2.92. The lowest BCUT2D eigenvalue weighted by molar-refractivity contribution is 0.282. The summed E-state index contributed by atoms with van der Waals surface area (Å²) in [6, 6.07) is 12.3. The number of aliphatic hydroxyl groups excluding tert-OH is 1. The van der Waals surface area contributed by atoms with Gasteiger partial charge in [-0.2, -0.15) is 0 Å². The van der Waals surface area contributed by atoms with Crippen LogP contribution in [0.15, 0.2) is 42.5 Å². The number of thiazole rings is 1. The molecule has 100 valence electrons. The largest absolute Gasteiger partial charge is 0.392 e. The Morgan fingerprint density at radius 1 is 1.15 bits per heavy atom. The highest BCUT2D eigenvalue weighted by molar-refractivity contribution is 7.19. The molecule has 4 heteroatoms. The number of aliphatic hydroxyl groups is 1. The minimum Gasteiger partial charge on any atom is -0.392 e. The smallest absolute Gasteiger partial charge is 0.125 e. The van der Waals surface area contributed by atoms with Crippen LogP contribution in [-0.4, -0.2) is 10.1 Å². The summed E-state index contributed by atoms with van der Waals surface area (Å²) < 4.78 is 14.1. The van der Waals surface area contributed by atoms with Gasteiger partial charge in [0, 0.05) is 6.07 Å². The number of benzene rings is 2. The van der Waals surface area contributed by atoms with Crippen LogP contribution in [0, 0.1) is 5.82 Å². The van der Waals surface area contributed by atoms with Gasteiger partial charge >= 0.3 is 0 Å². The van der Waals surface area contributed by atoms with Crippen molar-refractivity contribution < 1.29 is 9.50 Å². The molecule has 3 aromatic rings. The van der Waals surface area contributed by atoms with Gasteiger partial charge in [-0.05, 0) is 35.4 Å². The molecule has 0 radical (unpaired) electrons. The number of rotatable bonds is 3. The van der Waals surface area contributed by atoms with Gasteiger partial charge in [-0.1, -0.05) is 24.3 Å². The minimum atomic E-state index is -0.269. The van der Waals surface area contributed by atoms with E-state index >= 15 is 0 Å². The van der Waals surface area contributed by atoms with Crippen molar-refractivity contribution in [1.82, 2.24) is 4.98 Å². The molecule has 0 aliphatic rings. The zero-order valence-corrected chi connectivity index (χ0v) is 11.4. The molecule has 0 saturated carbocycles. The molecule has 3 rings (SSSR count). The highest BCUT2D eigenvalue weighted by Gasteiger charge is 2.02. The van der Waals surface area contributed by atoms with Crippen molar-refractivity contribution in [3.05, 3.63) is 64.4 Å². The Morgan fingerprint density at radius 2 is 2.05 bits per heavy atom. The van der Waals surface area contributed by atoms with E-state index in [4.69, 9.17) is 5.11 Å². The zero-order valence-electron chi connectivity index (χ0n) is 10.6. The minimum absolute atomic E-state index is 0.0299. The standard InChI is InChI=1S/C16H12FNOS/c17-13-5-6-15-14(9-13)18-16(20-15)7-4-11-2-1-3-12(8-11)10-19/h1-9,19H,10H2/b7-4+. The van der Waals surface area contributed by atoms with Crippen molar-refractivity contribution in [2.45, 2.75) is 6.61 Å². The molecule has 0 saturated heterocycles. The van der Waals surface area contributed by atoms with E-state index in [0.717, 1.165) is 20.8 Å². The molecule has 0 atom stereocenters. The van der Waals surface area contributed by atoms with Crippen molar-refractivity contribution >= 4 is 33.7 Å². The number of aromatic nitrogens is 1. The summed E-state index contributed by atoms with van der Waals surface area (Å²) >= 11 is 1.52. The van der Waals surface area contributed by atoms with Crippen molar-refractivity contribution in [1.29, 1.82) is 0 Å². The molecule has 2 aromatic carbocycles. The summed E-state index contributed by atoms with van der Waals surface area (Å²) in [6.07, 6.45) is 3.84. The first-order valence-electron chi connectivity index (χ1n) is 6.18. The summed E-state index contributed by atoms with van der Waals surface area (Å²) in [5.74, 6) is -0.269. The first kappa shape index (κ1) is 13.0. The molecule has 0 unspecified atom stereocenters. The van der Waals surface area contributed by atoms with Gasteiger partial charge in [-0.15, -0.1) is 11.3 Å². The van der Waals surface area contributed by atoms with Crippen LogP contribution in [-0.2, 0) is 6.61 Å². The molecule has 1 N–H and O–H groups in total. The Balaban J connectivity index is 1.89. The van der Waals surface area contributed by atoms with E-state index < -0.39 is 0 Å². The molecule has 0 amide bonds. The molecular formula is C16H12FNOS. The van der Waals surface area contributed by atoms with Gasteiger partial charge in [0.2, 0.25) is 0 Å². The molecule has 1 heterocycles. The lowest BCUT2D eigenvalue weighted by Crippen LogP contribution is -1.82. The monoisotopic (exact) mass is 285 g/mol. The van der Waals surface area contributed by atoms with Gasteiger partial charge in [0.1, 0.15) is 10.8 Å². The van der Waals surface area contributed by atoms with Crippen LogP contribution < -0.4 is 0 Å². The number of nitrogens with zero attached hydrogens (tertiary/aromatic N) is 1. The molecule has 0 aliphatic carbocycles. The first-order chi connectivity index (χ1) is 9.74. The summed E-state index contributed by atoms with van der Waals surface area (Å²) in [7, 11) is 0. The van der Waals surface area contributed by atoms with E-state index in [2.05, 4.69) is 4.98 Å². The number of hydrogen-bond acceptors (Lipinski definition) is 3. The Morgan fingerprint density at radius 3 is 2.90 bits per heavy atom. The van der Waals surface area contributed by atoms with Crippen LogP contribution in [0.5, 0.6) is 0 Å². The molecule has 0 bridgehead atoms. The van der Waals surface area contributed by atoms with Crippen LogP contribution in [0.25, 0.3) is 22.4 Å². The number of fused-ring (bicyclic) bond motifs is 1. The van der Waals surface area contributed by atoms with E-state index in [9.17, 15) is 4.39 Å². The van der Waals surface area contributed by atoms with Crippen LogP contribution in [0.3, 0.4) is 0 Å². The number of hydrogen-bond donors (Lipinski definition) is 1.